The first-order valence-corrected chi connectivity index (χ1v) is 10.1. The highest BCUT2D eigenvalue weighted by Crippen LogP contribution is 2.22. The molecule has 0 saturated heterocycles. The summed E-state index contributed by atoms with van der Waals surface area (Å²) in [7, 11) is 0. The van der Waals surface area contributed by atoms with Crippen LogP contribution in [0.5, 0.6) is 0 Å². The van der Waals surface area contributed by atoms with Gasteiger partial charge in [0.05, 0.1) is 6.26 Å². The van der Waals surface area contributed by atoms with Gasteiger partial charge < -0.3 is 14.6 Å². The Morgan fingerprint density at radius 1 is 1.24 bits per heavy atom. The second kappa shape index (κ2) is 9.23. The zero-order valence-corrected chi connectivity index (χ0v) is 16.6. The van der Waals surface area contributed by atoms with E-state index in [4.69, 9.17) is 9.41 Å². The fourth-order valence-electron chi connectivity index (χ4n) is 3.39. The third-order valence-electron chi connectivity index (χ3n) is 4.87. The van der Waals surface area contributed by atoms with E-state index in [2.05, 4.69) is 68.7 Å². The van der Waals surface area contributed by atoms with Crippen LogP contribution in [0.3, 0.4) is 0 Å². The van der Waals surface area contributed by atoms with Gasteiger partial charge in [-0.15, -0.1) is 0 Å². The summed E-state index contributed by atoms with van der Waals surface area (Å²) in [6, 6.07) is 14.3. The van der Waals surface area contributed by atoms with Crippen molar-refractivity contribution in [1.82, 2.24) is 25.4 Å². The fourth-order valence-corrected chi connectivity index (χ4v) is 3.39. The predicted octanol–water partition coefficient (Wildman–Crippen LogP) is 3.36. The number of hydrogen-bond acceptors (Lipinski definition) is 4. The first-order chi connectivity index (χ1) is 14.3. The van der Waals surface area contributed by atoms with Crippen molar-refractivity contribution in [3.8, 4) is 11.6 Å². The highest BCUT2D eigenvalue weighted by Gasteiger charge is 2.16. The molecule has 1 aliphatic heterocycles. The third-order valence-corrected chi connectivity index (χ3v) is 4.87. The Kier molecular flexibility index (Phi) is 6.04. The molecule has 3 aromatic rings. The molecule has 0 unspecified atom stereocenters. The van der Waals surface area contributed by atoms with Crippen LogP contribution < -0.4 is 5.32 Å². The largest absolute Gasteiger partial charge is 0.461 e. The zero-order chi connectivity index (χ0) is 19.9. The Hall–Kier alpha value is -3.35. The molecule has 0 saturated carbocycles. The first kappa shape index (κ1) is 19.0. The van der Waals surface area contributed by atoms with E-state index in [0.29, 0.717) is 24.6 Å². The summed E-state index contributed by atoms with van der Waals surface area (Å²) in [6.07, 6.45) is 5.64. The molecule has 7 nitrogen and oxygen atoms in total. The van der Waals surface area contributed by atoms with Crippen LogP contribution in [0, 0.1) is 0 Å². The van der Waals surface area contributed by atoms with Gasteiger partial charge in [0, 0.05) is 32.6 Å². The second-order valence-corrected chi connectivity index (χ2v) is 6.86. The molecule has 1 aliphatic rings. The predicted molar refractivity (Wildman–Crippen MR) is 114 cm³/mol. The summed E-state index contributed by atoms with van der Waals surface area (Å²) in [5, 5.41) is 10.6. The first-order valence-electron chi connectivity index (χ1n) is 10.1. The lowest BCUT2D eigenvalue weighted by Gasteiger charge is -2.29. The molecule has 2 aromatic heterocycles. The molecule has 0 amide bonds. The quantitative estimate of drug-likeness (QED) is 0.498. The molecular weight excluding hydrogens is 364 g/mol. The summed E-state index contributed by atoms with van der Waals surface area (Å²) in [4.78, 5) is 11.6. The SMILES string of the molecule is CCNC(=NCCc1nc(-c2ccco2)n[nH]1)N1CC=C(c2ccccc2)CC1. The van der Waals surface area contributed by atoms with Gasteiger partial charge in [0.25, 0.3) is 0 Å². The van der Waals surface area contributed by atoms with Gasteiger partial charge >= 0.3 is 0 Å². The number of benzene rings is 1. The highest BCUT2D eigenvalue weighted by molar-refractivity contribution is 5.81. The maximum atomic E-state index is 5.33. The molecule has 150 valence electrons. The van der Waals surface area contributed by atoms with E-state index in [1.807, 2.05) is 12.1 Å². The van der Waals surface area contributed by atoms with E-state index in [-0.39, 0.29) is 0 Å². The minimum absolute atomic E-state index is 0.579. The van der Waals surface area contributed by atoms with E-state index in [9.17, 15) is 0 Å². The Labute approximate surface area is 170 Å². The molecular formula is C22H26N6O. The van der Waals surface area contributed by atoms with Crippen molar-refractivity contribution in [2.45, 2.75) is 19.8 Å². The number of aromatic nitrogens is 3. The van der Waals surface area contributed by atoms with Crippen LogP contribution in [0.2, 0.25) is 0 Å². The van der Waals surface area contributed by atoms with E-state index in [1.54, 1.807) is 6.26 Å². The minimum atomic E-state index is 0.579. The molecule has 7 heteroatoms. The Morgan fingerprint density at radius 3 is 2.86 bits per heavy atom. The average molecular weight is 390 g/mol. The number of furan rings is 1. The monoisotopic (exact) mass is 390 g/mol. The smallest absolute Gasteiger partial charge is 0.216 e. The summed E-state index contributed by atoms with van der Waals surface area (Å²) < 4.78 is 5.33. The lowest BCUT2D eigenvalue weighted by atomic mass is 10.00. The number of aromatic amines is 1. The Morgan fingerprint density at radius 2 is 2.14 bits per heavy atom. The Balaban J connectivity index is 1.36. The van der Waals surface area contributed by atoms with Gasteiger partial charge in [0.2, 0.25) is 5.82 Å². The number of nitrogens with zero attached hydrogens (tertiary/aromatic N) is 4. The molecule has 1 aromatic carbocycles. The topological polar surface area (TPSA) is 82.3 Å². The van der Waals surface area contributed by atoms with Crippen LogP contribution >= 0.6 is 0 Å². The van der Waals surface area contributed by atoms with E-state index >= 15 is 0 Å². The Bertz CT molecular complexity index is 958. The number of nitrogens with one attached hydrogen (secondary N) is 2. The van der Waals surface area contributed by atoms with Gasteiger partial charge in [-0.2, -0.15) is 5.10 Å². The van der Waals surface area contributed by atoms with Crippen LogP contribution in [0.4, 0.5) is 0 Å². The highest BCUT2D eigenvalue weighted by atomic mass is 16.3. The second-order valence-electron chi connectivity index (χ2n) is 6.86. The standard InChI is InChI=1S/C22H26N6O/c1-2-23-22(28-14-11-18(12-15-28)17-7-4-3-5-8-17)24-13-10-20-25-21(27-26-20)19-9-6-16-29-19/h3-9,11,16H,2,10,12-15H2,1H3,(H,23,24)(H,25,26,27). The van der Waals surface area contributed by atoms with Crippen molar-refractivity contribution >= 4 is 11.5 Å². The number of hydrogen-bond donors (Lipinski definition) is 2. The fraction of sp³-hybridized carbons (Fsp3) is 0.318. The van der Waals surface area contributed by atoms with E-state index in [1.165, 1.54) is 11.1 Å². The van der Waals surface area contributed by atoms with Crippen molar-refractivity contribution in [3.05, 3.63) is 66.2 Å². The third kappa shape index (κ3) is 4.74. The van der Waals surface area contributed by atoms with Crippen LogP contribution in [0.1, 0.15) is 24.7 Å². The molecule has 29 heavy (non-hydrogen) atoms. The van der Waals surface area contributed by atoms with Crippen molar-refractivity contribution in [1.29, 1.82) is 0 Å². The maximum Gasteiger partial charge on any atom is 0.216 e. The molecule has 3 heterocycles. The van der Waals surface area contributed by atoms with Gasteiger partial charge in [-0.25, -0.2) is 4.98 Å². The molecule has 2 N–H and O–H groups in total. The van der Waals surface area contributed by atoms with Crippen LogP contribution in [-0.2, 0) is 6.42 Å². The number of rotatable bonds is 6. The van der Waals surface area contributed by atoms with Crippen LogP contribution in [0.25, 0.3) is 17.2 Å². The molecule has 0 aliphatic carbocycles. The van der Waals surface area contributed by atoms with E-state index < -0.39 is 0 Å². The van der Waals surface area contributed by atoms with Gasteiger partial charge in [-0.1, -0.05) is 36.4 Å². The zero-order valence-electron chi connectivity index (χ0n) is 16.6. The molecule has 0 radical (unpaired) electrons. The lowest BCUT2D eigenvalue weighted by Crippen LogP contribution is -2.43. The molecule has 0 spiro atoms. The molecule has 0 fully saturated rings. The number of guanidine groups is 1. The summed E-state index contributed by atoms with van der Waals surface area (Å²) in [6.45, 7) is 5.39. The number of aliphatic imine (C=N–C) groups is 1. The van der Waals surface area contributed by atoms with Crippen molar-refractivity contribution in [2.24, 2.45) is 4.99 Å². The average Bonchev–Trinajstić information content (AvgIpc) is 3.46. The minimum Gasteiger partial charge on any atom is -0.461 e. The van der Waals surface area contributed by atoms with Crippen molar-refractivity contribution in [3.63, 3.8) is 0 Å². The van der Waals surface area contributed by atoms with Gasteiger partial charge in [-0.3, -0.25) is 10.1 Å². The molecule has 0 atom stereocenters. The van der Waals surface area contributed by atoms with E-state index in [0.717, 1.165) is 37.8 Å². The van der Waals surface area contributed by atoms with Crippen molar-refractivity contribution < 1.29 is 4.42 Å². The maximum absolute atomic E-state index is 5.33. The summed E-state index contributed by atoms with van der Waals surface area (Å²) in [5.74, 6) is 3.00. The van der Waals surface area contributed by atoms with Gasteiger partial charge in [-0.05, 0) is 36.6 Å². The number of H-pyrrole nitrogens is 1. The normalized spacial score (nSPS) is 14.7. The van der Waals surface area contributed by atoms with Gasteiger partial charge in [0.1, 0.15) is 5.82 Å². The van der Waals surface area contributed by atoms with Crippen LogP contribution in [-0.4, -0.2) is 52.2 Å². The van der Waals surface area contributed by atoms with Crippen LogP contribution in [0.15, 0.2) is 64.2 Å². The lowest BCUT2D eigenvalue weighted by molar-refractivity contribution is 0.440. The summed E-state index contributed by atoms with van der Waals surface area (Å²) >= 11 is 0. The van der Waals surface area contributed by atoms with Gasteiger partial charge in [0.15, 0.2) is 11.7 Å². The molecule has 4 rings (SSSR count). The summed E-state index contributed by atoms with van der Waals surface area (Å²) in [5.41, 5.74) is 2.72. The molecule has 0 bridgehead atoms. The van der Waals surface area contributed by atoms with Crippen molar-refractivity contribution in [2.75, 3.05) is 26.2 Å².